The normalized spacial score (nSPS) is 22.2. The Kier molecular flexibility index (Phi) is 5.81. The number of hydrogen-bond donors (Lipinski definition) is 0. The second kappa shape index (κ2) is 8.61. The van der Waals surface area contributed by atoms with Crippen LogP contribution in [0.25, 0.3) is 5.57 Å². The number of halogens is 1. The van der Waals surface area contributed by atoms with Gasteiger partial charge >= 0.3 is 0 Å². The molecule has 0 aromatic heterocycles. The fourth-order valence-corrected chi connectivity index (χ4v) is 5.77. The van der Waals surface area contributed by atoms with E-state index in [0.717, 1.165) is 49.2 Å². The Labute approximate surface area is 201 Å². The number of carbonyl (C=O) groups is 2. The summed E-state index contributed by atoms with van der Waals surface area (Å²) >= 11 is 13.0. The smallest absolute Gasteiger partial charge is 0.271 e. The van der Waals surface area contributed by atoms with Gasteiger partial charge in [-0.15, -0.1) is 0 Å². The lowest BCUT2D eigenvalue weighted by Crippen LogP contribution is -2.49. The molecule has 0 saturated carbocycles. The predicted octanol–water partition coefficient (Wildman–Crippen LogP) is 3.67. The quantitative estimate of drug-likeness (QED) is 0.489. The molecule has 0 aliphatic carbocycles. The Bertz CT molecular complexity index is 1160. The fourth-order valence-electron chi connectivity index (χ4n) is 4.19. The number of thiocarbonyl (C=S) groups is 1. The number of nitrogens with zero attached hydrogens (tertiary/aromatic N) is 4. The Hall–Kier alpha value is -2.23. The third-order valence-corrected chi connectivity index (χ3v) is 7.64. The van der Waals surface area contributed by atoms with E-state index in [1.807, 2.05) is 24.3 Å². The molecule has 3 heterocycles. The van der Waals surface area contributed by atoms with E-state index >= 15 is 0 Å². The van der Waals surface area contributed by atoms with Crippen LogP contribution in [-0.4, -0.2) is 65.8 Å². The highest BCUT2D eigenvalue weighted by Crippen LogP contribution is 2.46. The maximum absolute atomic E-state index is 13.6. The molecule has 3 aliphatic rings. The van der Waals surface area contributed by atoms with Gasteiger partial charge in [0.25, 0.3) is 11.8 Å². The minimum atomic E-state index is -0.312. The van der Waals surface area contributed by atoms with Crippen molar-refractivity contribution in [2.75, 3.05) is 49.7 Å². The van der Waals surface area contributed by atoms with Gasteiger partial charge in [-0.3, -0.25) is 24.3 Å². The number of carbonyl (C=O) groups excluding carboxylic acids is 2. The first-order valence-electron chi connectivity index (χ1n) is 10.3. The number of benzene rings is 2. The molecule has 0 unspecified atom stereocenters. The largest absolute Gasteiger partial charge is 0.304 e. The van der Waals surface area contributed by atoms with Crippen LogP contribution in [0.2, 0.25) is 5.02 Å². The van der Waals surface area contributed by atoms with Gasteiger partial charge in [0.2, 0.25) is 0 Å². The SMILES string of the molecule is CN1CCN(CN2C(=O)/C(=C3\SC(=S)N(c4ccccc4Cl)C3=O)c3ccccc32)CC1. The predicted molar refractivity (Wildman–Crippen MR) is 134 cm³/mol. The van der Waals surface area contributed by atoms with Crippen LogP contribution in [0.3, 0.4) is 0 Å². The number of hydrogen-bond acceptors (Lipinski definition) is 6. The van der Waals surface area contributed by atoms with Crippen LogP contribution in [0.15, 0.2) is 53.4 Å². The minimum Gasteiger partial charge on any atom is -0.304 e. The number of para-hydroxylation sites is 2. The molecule has 2 fully saturated rings. The van der Waals surface area contributed by atoms with Crippen LogP contribution in [0.4, 0.5) is 11.4 Å². The average molecular weight is 485 g/mol. The van der Waals surface area contributed by atoms with Crippen LogP contribution in [0.5, 0.6) is 0 Å². The third kappa shape index (κ3) is 3.66. The van der Waals surface area contributed by atoms with Gasteiger partial charge in [-0.1, -0.05) is 65.9 Å². The Morgan fingerprint density at radius 3 is 2.31 bits per heavy atom. The lowest BCUT2D eigenvalue weighted by atomic mass is 10.1. The van der Waals surface area contributed by atoms with E-state index in [9.17, 15) is 9.59 Å². The highest BCUT2D eigenvalue weighted by Gasteiger charge is 2.43. The number of anilines is 2. The van der Waals surface area contributed by atoms with E-state index in [0.29, 0.717) is 32.2 Å². The summed E-state index contributed by atoms with van der Waals surface area (Å²) in [7, 11) is 2.10. The molecule has 2 amide bonds. The molecular formula is C23H21ClN4O2S2. The van der Waals surface area contributed by atoms with E-state index in [4.69, 9.17) is 23.8 Å². The summed E-state index contributed by atoms with van der Waals surface area (Å²) in [6, 6.07) is 14.7. The van der Waals surface area contributed by atoms with Crippen molar-refractivity contribution in [3.8, 4) is 0 Å². The summed E-state index contributed by atoms with van der Waals surface area (Å²) in [6.45, 7) is 4.22. The van der Waals surface area contributed by atoms with Gasteiger partial charge in [0.15, 0.2) is 4.32 Å². The molecule has 0 bridgehead atoms. The van der Waals surface area contributed by atoms with E-state index in [2.05, 4.69) is 16.8 Å². The summed E-state index contributed by atoms with van der Waals surface area (Å²) in [5.74, 6) is -0.475. The topological polar surface area (TPSA) is 47.1 Å². The van der Waals surface area contributed by atoms with Gasteiger partial charge < -0.3 is 4.90 Å². The number of amides is 2. The Balaban J connectivity index is 1.52. The van der Waals surface area contributed by atoms with Crippen LogP contribution in [-0.2, 0) is 9.59 Å². The third-order valence-electron chi connectivity index (χ3n) is 5.95. The van der Waals surface area contributed by atoms with Crippen LogP contribution in [0, 0.1) is 0 Å². The second-order valence-electron chi connectivity index (χ2n) is 7.98. The van der Waals surface area contributed by atoms with Crippen LogP contribution >= 0.6 is 35.6 Å². The molecule has 0 N–H and O–H groups in total. The lowest BCUT2D eigenvalue weighted by Gasteiger charge is -2.34. The molecule has 2 aromatic rings. The molecule has 2 saturated heterocycles. The van der Waals surface area contributed by atoms with E-state index in [-0.39, 0.29) is 11.8 Å². The summed E-state index contributed by atoms with van der Waals surface area (Å²) < 4.78 is 0.369. The van der Waals surface area contributed by atoms with E-state index in [1.54, 1.807) is 29.2 Å². The van der Waals surface area contributed by atoms with Gasteiger partial charge in [0.1, 0.15) is 0 Å². The first-order chi connectivity index (χ1) is 15.5. The standard InChI is InChI=1S/C23H21ClN4O2S2/c1-25-10-12-26(13-11-25)14-27-17-8-4-2-6-15(17)19(21(27)29)20-22(30)28(23(31)32-20)18-9-5-3-7-16(18)24/h2-9H,10-14H2,1H3/b20-19-. The lowest BCUT2D eigenvalue weighted by molar-refractivity contribution is -0.115. The average Bonchev–Trinajstić information content (AvgIpc) is 3.22. The van der Waals surface area contributed by atoms with Gasteiger partial charge in [0, 0.05) is 31.7 Å². The maximum atomic E-state index is 13.6. The van der Waals surface area contributed by atoms with Crippen LogP contribution in [0.1, 0.15) is 5.56 Å². The zero-order valence-corrected chi connectivity index (χ0v) is 19.8. The molecule has 32 heavy (non-hydrogen) atoms. The number of fused-ring (bicyclic) bond motifs is 1. The Morgan fingerprint density at radius 2 is 1.59 bits per heavy atom. The highest BCUT2D eigenvalue weighted by atomic mass is 35.5. The molecule has 0 atom stereocenters. The zero-order valence-electron chi connectivity index (χ0n) is 17.5. The number of rotatable bonds is 3. The molecule has 0 radical (unpaired) electrons. The monoisotopic (exact) mass is 484 g/mol. The zero-order chi connectivity index (χ0) is 22.4. The van der Waals surface area contributed by atoms with Crippen molar-refractivity contribution in [3.63, 3.8) is 0 Å². The summed E-state index contributed by atoms with van der Waals surface area (Å²) in [5, 5.41) is 0.435. The van der Waals surface area contributed by atoms with Gasteiger partial charge in [-0.2, -0.15) is 0 Å². The van der Waals surface area contributed by atoms with Crippen molar-refractivity contribution < 1.29 is 9.59 Å². The first kappa shape index (κ1) is 21.6. The Morgan fingerprint density at radius 1 is 0.938 bits per heavy atom. The van der Waals surface area contributed by atoms with Gasteiger partial charge in [-0.05, 0) is 25.2 Å². The molecule has 2 aromatic carbocycles. The summed E-state index contributed by atoms with van der Waals surface area (Å²) in [6.07, 6.45) is 0. The van der Waals surface area contributed by atoms with Crippen LogP contribution < -0.4 is 9.80 Å². The molecule has 6 nitrogen and oxygen atoms in total. The molecule has 5 rings (SSSR count). The van der Waals surface area contributed by atoms with Crippen molar-refractivity contribution in [1.82, 2.24) is 9.80 Å². The fraction of sp³-hybridized carbons (Fsp3) is 0.261. The van der Waals surface area contributed by atoms with Crippen molar-refractivity contribution in [2.24, 2.45) is 0 Å². The van der Waals surface area contributed by atoms with Crippen molar-refractivity contribution in [3.05, 3.63) is 64.0 Å². The van der Waals surface area contributed by atoms with E-state index < -0.39 is 0 Å². The molecular weight excluding hydrogens is 464 g/mol. The molecule has 3 aliphatic heterocycles. The first-order valence-corrected chi connectivity index (χ1v) is 11.9. The molecule has 164 valence electrons. The highest BCUT2D eigenvalue weighted by molar-refractivity contribution is 8.27. The number of likely N-dealkylation sites (N-methyl/N-ethyl adjacent to an activating group) is 1. The second-order valence-corrected chi connectivity index (χ2v) is 10.0. The minimum absolute atomic E-state index is 0.162. The van der Waals surface area contributed by atoms with Gasteiger partial charge in [0.05, 0.1) is 33.5 Å². The van der Waals surface area contributed by atoms with Crippen molar-refractivity contribution in [2.45, 2.75) is 0 Å². The van der Waals surface area contributed by atoms with E-state index in [1.165, 1.54) is 4.90 Å². The van der Waals surface area contributed by atoms with Gasteiger partial charge in [-0.25, -0.2) is 0 Å². The van der Waals surface area contributed by atoms with Crippen molar-refractivity contribution >= 4 is 68.7 Å². The summed E-state index contributed by atoms with van der Waals surface area (Å²) in [4.78, 5) is 35.2. The number of piperazine rings is 1. The molecule has 9 heteroatoms. The number of thioether (sulfide) groups is 1. The summed E-state index contributed by atoms with van der Waals surface area (Å²) in [5.41, 5.74) is 2.54. The molecule has 0 spiro atoms. The van der Waals surface area contributed by atoms with Crippen molar-refractivity contribution in [1.29, 1.82) is 0 Å². The maximum Gasteiger partial charge on any atom is 0.271 e.